The molecule has 0 aromatic rings. The third-order valence-corrected chi connectivity index (χ3v) is 3.73. The highest BCUT2D eigenvalue weighted by Crippen LogP contribution is 2.34. The van der Waals surface area contributed by atoms with Crippen LogP contribution in [0.4, 0.5) is 0 Å². The number of aliphatic carboxylic acids is 1. The molecule has 1 aliphatic rings. The van der Waals surface area contributed by atoms with Gasteiger partial charge < -0.3 is 5.11 Å². The van der Waals surface area contributed by atoms with Gasteiger partial charge in [-0.25, -0.2) is 0 Å². The summed E-state index contributed by atoms with van der Waals surface area (Å²) in [5.74, 6) is -0.0254. The molecule has 0 bridgehead atoms. The first kappa shape index (κ1) is 13.5. The molecular formula is C13H25NO2. The molecule has 94 valence electrons. The first-order valence-electron chi connectivity index (χ1n) is 6.33. The Morgan fingerprint density at radius 1 is 1.50 bits per heavy atom. The summed E-state index contributed by atoms with van der Waals surface area (Å²) in [5, 5.41) is 9.21. The van der Waals surface area contributed by atoms with E-state index in [1.54, 1.807) is 0 Å². The molecule has 1 N–H and O–H groups in total. The average molecular weight is 227 g/mol. The van der Waals surface area contributed by atoms with Gasteiger partial charge in [0.05, 0.1) is 0 Å². The zero-order chi connectivity index (χ0) is 12.3. The molecule has 0 radical (unpaired) electrons. The van der Waals surface area contributed by atoms with Crippen molar-refractivity contribution in [2.45, 2.75) is 53.0 Å². The summed E-state index contributed by atoms with van der Waals surface area (Å²) in [7, 11) is 0. The molecule has 3 nitrogen and oxygen atoms in total. The molecule has 0 aromatic heterocycles. The lowest BCUT2D eigenvalue weighted by Gasteiger charge is -2.29. The number of hydrogen-bond donors (Lipinski definition) is 1. The minimum absolute atomic E-state index is 0.266. The number of likely N-dealkylation sites (tertiary alicyclic amines) is 1. The van der Waals surface area contributed by atoms with E-state index < -0.39 is 5.97 Å². The van der Waals surface area contributed by atoms with Crippen LogP contribution in [0.25, 0.3) is 0 Å². The van der Waals surface area contributed by atoms with Crippen molar-refractivity contribution in [1.29, 1.82) is 0 Å². The SMILES string of the molecule is CCCC(C(=O)O)N1CCC(C(C)(C)C)C1. The van der Waals surface area contributed by atoms with Crippen LogP contribution in [0.2, 0.25) is 0 Å². The number of nitrogens with zero attached hydrogens (tertiary/aromatic N) is 1. The van der Waals surface area contributed by atoms with Crippen LogP contribution in [-0.2, 0) is 4.79 Å². The molecule has 0 aliphatic carbocycles. The molecule has 1 rings (SSSR count). The summed E-state index contributed by atoms with van der Waals surface area (Å²) >= 11 is 0. The Bertz CT molecular complexity index is 245. The van der Waals surface area contributed by atoms with Crippen molar-refractivity contribution in [2.75, 3.05) is 13.1 Å². The van der Waals surface area contributed by atoms with Gasteiger partial charge in [0.2, 0.25) is 0 Å². The molecule has 3 heteroatoms. The lowest BCUT2D eigenvalue weighted by Crippen LogP contribution is -2.40. The van der Waals surface area contributed by atoms with Crippen LogP contribution < -0.4 is 0 Å². The fraction of sp³-hybridized carbons (Fsp3) is 0.923. The van der Waals surface area contributed by atoms with Crippen molar-refractivity contribution in [2.24, 2.45) is 11.3 Å². The van der Waals surface area contributed by atoms with Crippen LogP contribution in [0.1, 0.15) is 47.0 Å². The minimum Gasteiger partial charge on any atom is -0.480 e. The van der Waals surface area contributed by atoms with Gasteiger partial charge in [-0.3, -0.25) is 9.69 Å². The fourth-order valence-corrected chi connectivity index (χ4v) is 2.51. The fourth-order valence-electron chi connectivity index (χ4n) is 2.51. The van der Waals surface area contributed by atoms with Crippen molar-refractivity contribution in [3.05, 3.63) is 0 Å². The second-order valence-corrected chi connectivity index (χ2v) is 5.99. The van der Waals surface area contributed by atoms with E-state index in [0.717, 1.165) is 32.4 Å². The number of carboxylic acids is 1. The lowest BCUT2D eigenvalue weighted by molar-refractivity contribution is -0.143. The molecule has 16 heavy (non-hydrogen) atoms. The first-order valence-corrected chi connectivity index (χ1v) is 6.33. The van der Waals surface area contributed by atoms with Crippen molar-refractivity contribution >= 4 is 5.97 Å². The minimum atomic E-state index is -0.656. The first-order chi connectivity index (χ1) is 7.36. The van der Waals surface area contributed by atoms with Gasteiger partial charge in [-0.1, -0.05) is 34.1 Å². The molecule has 1 heterocycles. The Morgan fingerprint density at radius 3 is 2.50 bits per heavy atom. The molecule has 1 aliphatic heterocycles. The van der Waals surface area contributed by atoms with Gasteiger partial charge in [0.15, 0.2) is 0 Å². The molecule has 0 amide bonds. The van der Waals surface area contributed by atoms with Crippen molar-refractivity contribution in [3.8, 4) is 0 Å². The van der Waals surface area contributed by atoms with Crippen molar-refractivity contribution in [1.82, 2.24) is 4.90 Å². The molecule has 2 unspecified atom stereocenters. The van der Waals surface area contributed by atoms with Crippen molar-refractivity contribution in [3.63, 3.8) is 0 Å². The van der Waals surface area contributed by atoms with E-state index in [2.05, 4.69) is 25.7 Å². The summed E-state index contributed by atoms with van der Waals surface area (Å²) < 4.78 is 0. The predicted molar refractivity (Wildman–Crippen MR) is 65.5 cm³/mol. The predicted octanol–water partition coefficient (Wildman–Crippen LogP) is 2.61. The quantitative estimate of drug-likeness (QED) is 0.802. The van der Waals surface area contributed by atoms with Gasteiger partial charge in [0.25, 0.3) is 0 Å². The van der Waals surface area contributed by atoms with Gasteiger partial charge in [-0.2, -0.15) is 0 Å². The molecule has 0 aromatic carbocycles. The Balaban J connectivity index is 2.59. The Hall–Kier alpha value is -0.570. The van der Waals surface area contributed by atoms with E-state index in [9.17, 15) is 9.90 Å². The zero-order valence-electron chi connectivity index (χ0n) is 11.0. The summed E-state index contributed by atoms with van der Waals surface area (Å²) in [6.07, 6.45) is 2.84. The molecule has 0 spiro atoms. The zero-order valence-corrected chi connectivity index (χ0v) is 11.0. The third kappa shape index (κ3) is 3.21. The normalized spacial score (nSPS) is 24.6. The van der Waals surface area contributed by atoms with E-state index in [1.165, 1.54) is 0 Å². The average Bonchev–Trinajstić information content (AvgIpc) is 2.61. The topological polar surface area (TPSA) is 40.5 Å². The van der Waals surface area contributed by atoms with Crippen LogP contribution in [0.5, 0.6) is 0 Å². The van der Waals surface area contributed by atoms with Crippen LogP contribution in [0.3, 0.4) is 0 Å². The number of rotatable bonds is 4. The van der Waals surface area contributed by atoms with Gasteiger partial charge in [-0.05, 0) is 30.7 Å². The second-order valence-electron chi connectivity index (χ2n) is 5.99. The maximum atomic E-state index is 11.2. The summed E-state index contributed by atoms with van der Waals surface area (Å²) in [5.41, 5.74) is 0.296. The van der Waals surface area contributed by atoms with Crippen LogP contribution in [-0.4, -0.2) is 35.1 Å². The third-order valence-electron chi connectivity index (χ3n) is 3.73. The van der Waals surface area contributed by atoms with Gasteiger partial charge >= 0.3 is 5.97 Å². The van der Waals surface area contributed by atoms with Crippen LogP contribution >= 0.6 is 0 Å². The second kappa shape index (κ2) is 5.17. The monoisotopic (exact) mass is 227 g/mol. The van der Waals surface area contributed by atoms with Gasteiger partial charge in [-0.15, -0.1) is 0 Å². The maximum Gasteiger partial charge on any atom is 0.320 e. The van der Waals surface area contributed by atoms with E-state index in [4.69, 9.17) is 0 Å². The number of carboxylic acid groups (broad SMARTS) is 1. The lowest BCUT2D eigenvalue weighted by atomic mass is 9.80. The Labute approximate surface area is 98.8 Å². The Morgan fingerprint density at radius 2 is 2.12 bits per heavy atom. The molecule has 1 fully saturated rings. The standard InChI is InChI=1S/C13H25NO2/c1-5-6-11(12(15)16)14-8-7-10(9-14)13(2,3)4/h10-11H,5-9H2,1-4H3,(H,15,16). The molecule has 0 saturated carbocycles. The summed E-state index contributed by atoms with van der Waals surface area (Å²) in [4.78, 5) is 13.3. The van der Waals surface area contributed by atoms with Crippen LogP contribution in [0.15, 0.2) is 0 Å². The smallest absolute Gasteiger partial charge is 0.320 e. The highest BCUT2D eigenvalue weighted by Gasteiger charge is 2.36. The van der Waals surface area contributed by atoms with E-state index in [-0.39, 0.29) is 6.04 Å². The summed E-state index contributed by atoms with van der Waals surface area (Å²) in [6, 6.07) is -0.266. The van der Waals surface area contributed by atoms with E-state index >= 15 is 0 Å². The highest BCUT2D eigenvalue weighted by atomic mass is 16.4. The van der Waals surface area contributed by atoms with Gasteiger partial charge in [0, 0.05) is 6.54 Å². The molecule has 1 saturated heterocycles. The highest BCUT2D eigenvalue weighted by molar-refractivity contribution is 5.73. The maximum absolute atomic E-state index is 11.2. The largest absolute Gasteiger partial charge is 0.480 e. The van der Waals surface area contributed by atoms with Crippen molar-refractivity contribution < 1.29 is 9.90 Å². The Kier molecular flexibility index (Phi) is 4.36. The van der Waals surface area contributed by atoms with E-state index in [1.807, 2.05) is 6.92 Å². The van der Waals surface area contributed by atoms with Crippen LogP contribution in [0, 0.1) is 11.3 Å². The number of carbonyl (C=O) groups is 1. The summed E-state index contributed by atoms with van der Waals surface area (Å²) in [6.45, 7) is 10.7. The van der Waals surface area contributed by atoms with E-state index in [0.29, 0.717) is 11.3 Å². The number of hydrogen-bond acceptors (Lipinski definition) is 2. The van der Waals surface area contributed by atoms with Gasteiger partial charge in [0.1, 0.15) is 6.04 Å². The molecular weight excluding hydrogens is 202 g/mol. The molecule has 2 atom stereocenters.